The molecule has 2 aromatic heterocycles. The molecule has 0 aliphatic carbocycles. The van der Waals surface area contributed by atoms with Crippen molar-refractivity contribution < 1.29 is 27.1 Å². The molecule has 1 aromatic carbocycles. The molecule has 1 fully saturated rings. The van der Waals surface area contributed by atoms with E-state index in [1.807, 2.05) is 4.90 Å². The summed E-state index contributed by atoms with van der Waals surface area (Å²) in [5.74, 6) is -0.951. The van der Waals surface area contributed by atoms with Gasteiger partial charge in [-0.2, -0.15) is 23.3 Å². The summed E-state index contributed by atoms with van der Waals surface area (Å²) in [6.45, 7) is 2.99. The van der Waals surface area contributed by atoms with Crippen molar-refractivity contribution in [2.45, 2.75) is 13.1 Å². The van der Waals surface area contributed by atoms with Gasteiger partial charge < -0.3 is 14.5 Å². The predicted octanol–water partition coefficient (Wildman–Crippen LogP) is 3.16. The third-order valence-electron chi connectivity index (χ3n) is 5.42. The molecule has 7 nitrogen and oxygen atoms in total. The van der Waals surface area contributed by atoms with Gasteiger partial charge in [-0.15, -0.1) is 0 Å². The quantitative estimate of drug-likeness (QED) is 0.571. The first kappa shape index (κ1) is 21.8. The Morgan fingerprint density at radius 3 is 2.41 bits per heavy atom. The average Bonchev–Trinajstić information content (AvgIpc) is 3.05. The number of aromatic nitrogens is 3. The van der Waals surface area contributed by atoms with Gasteiger partial charge >= 0.3 is 6.18 Å². The smallest absolute Gasteiger partial charge is 0.417 e. The maximum absolute atomic E-state index is 13.6. The van der Waals surface area contributed by atoms with Crippen LogP contribution in [-0.4, -0.2) is 58.4 Å². The number of amides is 1. The number of alkyl halides is 3. The molecule has 3 heterocycles. The van der Waals surface area contributed by atoms with E-state index < -0.39 is 18.3 Å². The van der Waals surface area contributed by atoms with Crippen LogP contribution in [0, 0.1) is 12.7 Å². The molecule has 0 spiro atoms. The number of carbonyl (C=O) groups is 1. The van der Waals surface area contributed by atoms with Crippen LogP contribution >= 0.6 is 0 Å². The minimum atomic E-state index is -4.62. The van der Waals surface area contributed by atoms with Gasteiger partial charge in [-0.05, 0) is 31.2 Å². The molecule has 0 bridgehead atoms. The van der Waals surface area contributed by atoms with Gasteiger partial charge in [0.2, 0.25) is 5.88 Å². The Morgan fingerprint density at radius 2 is 1.78 bits per heavy atom. The van der Waals surface area contributed by atoms with Crippen LogP contribution in [-0.2, 0) is 18.0 Å². The first-order valence-corrected chi connectivity index (χ1v) is 9.96. The Kier molecular flexibility index (Phi) is 5.66. The normalized spacial score (nSPS) is 14.8. The predicted molar refractivity (Wildman–Crippen MR) is 109 cm³/mol. The zero-order chi connectivity index (χ0) is 23.0. The van der Waals surface area contributed by atoms with Crippen LogP contribution in [0.1, 0.15) is 11.3 Å². The summed E-state index contributed by atoms with van der Waals surface area (Å²) >= 11 is 0. The topological polar surface area (TPSA) is 63.5 Å². The Bertz CT molecular complexity index is 1140. The number of piperazine rings is 1. The highest BCUT2D eigenvalue weighted by atomic mass is 19.4. The van der Waals surface area contributed by atoms with E-state index in [1.54, 1.807) is 17.0 Å². The highest BCUT2D eigenvalue weighted by Crippen LogP contribution is 2.37. The molecule has 0 unspecified atom stereocenters. The number of hydrogen-bond acceptors (Lipinski definition) is 5. The number of nitrogens with zero attached hydrogens (tertiary/aromatic N) is 5. The van der Waals surface area contributed by atoms with E-state index in [0.29, 0.717) is 26.2 Å². The summed E-state index contributed by atoms with van der Waals surface area (Å²) in [7, 11) is 1.50. The second kappa shape index (κ2) is 8.29. The maximum Gasteiger partial charge on any atom is 0.417 e. The van der Waals surface area contributed by atoms with Crippen molar-refractivity contribution in [2.24, 2.45) is 7.05 Å². The second-order valence-corrected chi connectivity index (χ2v) is 7.55. The van der Waals surface area contributed by atoms with E-state index in [4.69, 9.17) is 4.74 Å². The van der Waals surface area contributed by atoms with Crippen molar-refractivity contribution in [1.82, 2.24) is 19.7 Å². The van der Waals surface area contributed by atoms with Gasteiger partial charge in [-0.1, -0.05) is 0 Å². The van der Waals surface area contributed by atoms with Crippen LogP contribution in [0.25, 0.3) is 11.0 Å². The van der Waals surface area contributed by atoms with Crippen LogP contribution in [0.3, 0.4) is 0 Å². The van der Waals surface area contributed by atoms with E-state index in [1.165, 1.54) is 30.8 Å². The zero-order valence-corrected chi connectivity index (χ0v) is 17.5. The van der Waals surface area contributed by atoms with E-state index in [9.17, 15) is 22.4 Å². The molecule has 1 saturated heterocycles. The number of rotatable bonds is 4. The number of anilines is 1. The molecule has 1 aliphatic heterocycles. The number of pyridine rings is 1. The van der Waals surface area contributed by atoms with E-state index in [0.717, 1.165) is 11.8 Å². The SMILES string of the molecule is Cc1nn(C)c2nc(OCC(=O)N3CCN(c4ccc(F)cc4)CC3)cc(C(F)(F)F)c12. The molecule has 170 valence electrons. The van der Waals surface area contributed by atoms with Crippen molar-refractivity contribution in [3.63, 3.8) is 0 Å². The summed E-state index contributed by atoms with van der Waals surface area (Å²) in [5, 5.41) is 3.92. The summed E-state index contributed by atoms with van der Waals surface area (Å²) in [6.07, 6.45) is -4.62. The van der Waals surface area contributed by atoms with Gasteiger partial charge in [0.05, 0.1) is 16.6 Å². The van der Waals surface area contributed by atoms with Crippen LogP contribution in [0.15, 0.2) is 30.3 Å². The van der Waals surface area contributed by atoms with E-state index in [-0.39, 0.29) is 34.3 Å². The van der Waals surface area contributed by atoms with Gasteiger partial charge in [0.15, 0.2) is 12.3 Å². The third kappa shape index (κ3) is 4.32. The molecule has 0 N–H and O–H groups in total. The number of hydrogen-bond donors (Lipinski definition) is 0. The highest BCUT2D eigenvalue weighted by molar-refractivity contribution is 5.83. The number of halogens is 4. The molecule has 11 heteroatoms. The zero-order valence-electron chi connectivity index (χ0n) is 17.5. The molecule has 4 rings (SSSR count). The summed E-state index contributed by atoms with van der Waals surface area (Å²) in [5.41, 5.74) is 0.207. The standard InChI is InChI=1S/C21H21F4N5O2/c1-13-19-16(21(23,24)25)11-17(26-20(19)28(2)27-13)32-12-18(31)30-9-7-29(8-10-30)15-5-3-14(22)4-6-15/h3-6,11H,7-10,12H2,1-2H3. The molecule has 32 heavy (non-hydrogen) atoms. The molecule has 0 atom stereocenters. The number of ether oxygens (including phenoxy) is 1. The Balaban J connectivity index is 1.42. The summed E-state index contributed by atoms with van der Waals surface area (Å²) < 4.78 is 60.4. The number of fused-ring (bicyclic) bond motifs is 1. The lowest BCUT2D eigenvalue weighted by Gasteiger charge is -2.36. The van der Waals surface area contributed by atoms with E-state index >= 15 is 0 Å². The molecule has 0 saturated carbocycles. The van der Waals surface area contributed by atoms with E-state index in [2.05, 4.69) is 10.1 Å². The Morgan fingerprint density at radius 1 is 1.12 bits per heavy atom. The molecule has 1 amide bonds. The van der Waals surface area contributed by atoms with Crippen molar-refractivity contribution in [1.29, 1.82) is 0 Å². The molecule has 0 radical (unpaired) electrons. The van der Waals surface area contributed by atoms with Gasteiger partial charge in [-0.25, -0.2) is 4.39 Å². The lowest BCUT2D eigenvalue weighted by Crippen LogP contribution is -2.50. The van der Waals surface area contributed by atoms with Gasteiger partial charge in [0, 0.05) is 45.0 Å². The van der Waals surface area contributed by atoms with Crippen molar-refractivity contribution in [3.05, 3.63) is 47.4 Å². The van der Waals surface area contributed by atoms with Crippen LogP contribution < -0.4 is 9.64 Å². The van der Waals surface area contributed by atoms with Crippen LogP contribution in [0.5, 0.6) is 5.88 Å². The summed E-state index contributed by atoms with van der Waals surface area (Å²) in [6, 6.07) is 6.91. The Hall–Kier alpha value is -3.37. The lowest BCUT2D eigenvalue weighted by molar-refractivity contribution is -0.136. The molecule has 1 aliphatic rings. The fourth-order valence-electron chi connectivity index (χ4n) is 3.81. The Labute approximate surface area is 181 Å². The second-order valence-electron chi connectivity index (χ2n) is 7.55. The first-order valence-electron chi connectivity index (χ1n) is 9.96. The van der Waals surface area contributed by atoms with Crippen molar-refractivity contribution in [2.75, 3.05) is 37.7 Å². The van der Waals surface area contributed by atoms with Crippen molar-refractivity contribution >= 4 is 22.6 Å². The summed E-state index contributed by atoms with van der Waals surface area (Å²) in [4.78, 5) is 20.3. The minimum Gasteiger partial charge on any atom is -0.467 e. The number of carbonyl (C=O) groups excluding carboxylic acids is 1. The monoisotopic (exact) mass is 451 g/mol. The molecule has 3 aromatic rings. The van der Waals surface area contributed by atoms with Gasteiger partial charge in [-0.3, -0.25) is 9.48 Å². The fourth-order valence-corrected chi connectivity index (χ4v) is 3.81. The van der Waals surface area contributed by atoms with Crippen molar-refractivity contribution in [3.8, 4) is 5.88 Å². The average molecular weight is 451 g/mol. The number of aryl methyl sites for hydroxylation is 2. The lowest BCUT2D eigenvalue weighted by atomic mass is 10.1. The minimum absolute atomic E-state index is 0.0349. The largest absolute Gasteiger partial charge is 0.467 e. The maximum atomic E-state index is 13.6. The van der Waals surface area contributed by atoms with Crippen LogP contribution in [0.4, 0.5) is 23.2 Å². The van der Waals surface area contributed by atoms with Gasteiger partial charge in [0.25, 0.3) is 5.91 Å². The number of benzene rings is 1. The molecular weight excluding hydrogens is 430 g/mol. The van der Waals surface area contributed by atoms with Crippen LogP contribution in [0.2, 0.25) is 0 Å². The molecular formula is C21H21F4N5O2. The first-order chi connectivity index (χ1) is 15.1. The third-order valence-corrected chi connectivity index (χ3v) is 5.42. The van der Waals surface area contributed by atoms with Gasteiger partial charge in [0.1, 0.15) is 5.82 Å². The highest BCUT2D eigenvalue weighted by Gasteiger charge is 2.36. The fraction of sp³-hybridized carbons (Fsp3) is 0.381.